The topological polar surface area (TPSA) is 73.1 Å². The second-order valence-corrected chi connectivity index (χ2v) is 8.62. The SMILES string of the molecule is C=Cc1c(CC(CCCC)NC(=O)c2cnc(N3CCNCC3)s2)c[nH]c1/C=C\C. The van der Waals surface area contributed by atoms with Gasteiger partial charge in [-0.25, -0.2) is 4.98 Å². The molecule has 7 heteroatoms. The highest BCUT2D eigenvalue weighted by Crippen LogP contribution is 2.24. The monoisotopic (exact) mass is 427 g/mol. The van der Waals surface area contributed by atoms with Crippen LogP contribution >= 0.6 is 11.3 Å². The van der Waals surface area contributed by atoms with Crippen LogP contribution in [0.3, 0.4) is 0 Å². The molecule has 1 atom stereocenters. The predicted octanol–water partition coefficient (Wildman–Crippen LogP) is 4.09. The minimum atomic E-state index is -0.0284. The maximum absolute atomic E-state index is 13.0. The lowest BCUT2D eigenvalue weighted by Crippen LogP contribution is -2.43. The van der Waals surface area contributed by atoms with Crippen molar-refractivity contribution in [2.75, 3.05) is 31.1 Å². The summed E-state index contributed by atoms with van der Waals surface area (Å²) in [5.74, 6) is -0.0284. The van der Waals surface area contributed by atoms with Crippen LogP contribution in [0.15, 0.2) is 25.0 Å². The van der Waals surface area contributed by atoms with Gasteiger partial charge in [0.2, 0.25) is 0 Å². The van der Waals surface area contributed by atoms with E-state index in [1.54, 1.807) is 6.20 Å². The molecule has 0 spiro atoms. The van der Waals surface area contributed by atoms with Crippen LogP contribution < -0.4 is 15.5 Å². The Balaban J connectivity index is 1.69. The maximum Gasteiger partial charge on any atom is 0.263 e. The van der Waals surface area contributed by atoms with Gasteiger partial charge in [0.25, 0.3) is 5.91 Å². The number of thiazole rings is 1. The second kappa shape index (κ2) is 11.1. The number of carbonyl (C=O) groups is 1. The third kappa shape index (κ3) is 5.61. The molecule has 0 radical (unpaired) electrons. The Kier molecular flexibility index (Phi) is 8.28. The standard InChI is InChI=1S/C23H33N5OS/c1-4-7-9-18(14-17-15-25-20(8-5-2)19(17)6-3)27-22(29)21-16-26-23(30-21)28-12-10-24-11-13-28/h5-6,8,15-16,18,24-25H,3-4,7,9-14H2,1-2H3,(H,27,29)/b8-5-. The van der Waals surface area contributed by atoms with Gasteiger partial charge in [0.05, 0.1) is 6.20 Å². The Bertz CT molecular complexity index is 863. The van der Waals surface area contributed by atoms with Gasteiger partial charge in [-0.3, -0.25) is 4.79 Å². The number of anilines is 1. The number of nitrogens with one attached hydrogen (secondary N) is 3. The Morgan fingerprint density at radius 2 is 2.23 bits per heavy atom. The lowest BCUT2D eigenvalue weighted by molar-refractivity contribution is 0.0938. The van der Waals surface area contributed by atoms with E-state index in [9.17, 15) is 4.79 Å². The highest BCUT2D eigenvalue weighted by atomic mass is 32.1. The number of carbonyl (C=O) groups excluding carboxylic acids is 1. The lowest BCUT2D eigenvalue weighted by Gasteiger charge is -2.26. The zero-order valence-corrected chi connectivity index (χ0v) is 18.9. The Morgan fingerprint density at radius 1 is 1.43 bits per heavy atom. The molecule has 1 fully saturated rings. The van der Waals surface area contributed by atoms with E-state index in [0.29, 0.717) is 4.88 Å². The van der Waals surface area contributed by atoms with Gasteiger partial charge in [0, 0.05) is 49.7 Å². The smallest absolute Gasteiger partial charge is 0.263 e. The average molecular weight is 428 g/mol. The molecule has 3 N–H and O–H groups in total. The molecular formula is C23H33N5OS. The maximum atomic E-state index is 13.0. The van der Waals surface area contributed by atoms with E-state index in [2.05, 4.69) is 45.1 Å². The van der Waals surface area contributed by atoms with Gasteiger partial charge in [-0.2, -0.15) is 0 Å². The van der Waals surface area contributed by atoms with Gasteiger partial charge in [-0.15, -0.1) is 0 Å². The van der Waals surface area contributed by atoms with E-state index < -0.39 is 0 Å². The third-order valence-electron chi connectivity index (χ3n) is 5.39. The number of aromatic amines is 1. The van der Waals surface area contributed by atoms with E-state index in [1.807, 2.05) is 25.3 Å². The lowest BCUT2D eigenvalue weighted by atomic mass is 9.99. The van der Waals surface area contributed by atoms with Gasteiger partial charge < -0.3 is 20.5 Å². The highest BCUT2D eigenvalue weighted by Gasteiger charge is 2.20. The molecular weight excluding hydrogens is 394 g/mol. The number of hydrogen-bond acceptors (Lipinski definition) is 5. The van der Waals surface area contributed by atoms with Gasteiger partial charge in [0.15, 0.2) is 5.13 Å². The van der Waals surface area contributed by atoms with Gasteiger partial charge >= 0.3 is 0 Å². The molecule has 0 bridgehead atoms. The number of allylic oxidation sites excluding steroid dienone is 1. The number of hydrogen-bond donors (Lipinski definition) is 3. The number of H-pyrrole nitrogens is 1. The molecule has 6 nitrogen and oxygen atoms in total. The van der Waals surface area contributed by atoms with Crippen molar-refractivity contribution in [1.29, 1.82) is 0 Å². The Morgan fingerprint density at radius 3 is 2.93 bits per heavy atom. The minimum absolute atomic E-state index is 0.0284. The van der Waals surface area contributed by atoms with Crippen molar-refractivity contribution >= 4 is 34.5 Å². The van der Waals surface area contributed by atoms with Gasteiger partial charge in [-0.1, -0.05) is 49.8 Å². The number of rotatable bonds is 10. The third-order valence-corrected chi connectivity index (χ3v) is 6.44. The van der Waals surface area contributed by atoms with E-state index in [0.717, 1.165) is 68.3 Å². The quantitative estimate of drug-likeness (QED) is 0.534. The van der Waals surface area contributed by atoms with Crippen LogP contribution in [-0.2, 0) is 6.42 Å². The molecule has 3 heterocycles. The molecule has 1 aliphatic rings. The largest absolute Gasteiger partial charge is 0.361 e. The van der Waals surface area contributed by atoms with E-state index >= 15 is 0 Å². The summed E-state index contributed by atoms with van der Waals surface area (Å²) in [4.78, 5) is 23.7. The van der Waals surface area contributed by atoms with Crippen LogP contribution in [0.1, 0.15) is 59.6 Å². The molecule has 1 saturated heterocycles. The molecule has 1 aliphatic heterocycles. The summed E-state index contributed by atoms with van der Waals surface area (Å²) in [5.41, 5.74) is 3.36. The number of amides is 1. The molecule has 2 aromatic rings. The van der Waals surface area contributed by atoms with Crippen molar-refractivity contribution < 1.29 is 4.79 Å². The molecule has 30 heavy (non-hydrogen) atoms. The molecule has 1 amide bonds. The van der Waals surface area contributed by atoms with Crippen LogP contribution in [0.2, 0.25) is 0 Å². The normalized spacial score (nSPS) is 15.5. The fourth-order valence-electron chi connectivity index (χ4n) is 3.78. The number of piperazine rings is 1. The fourth-order valence-corrected chi connectivity index (χ4v) is 4.65. The summed E-state index contributed by atoms with van der Waals surface area (Å²) in [5, 5.41) is 7.54. The first kappa shape index (κ1) is 22.3. The number of unbranched alkanes of at least 4 members (excludes halogenated alkanes) is 1. The van der Waals surface area contributed by atoms with Crippen LogP contribution in [0.25, 0.3) is 12.2 Å². The summed E-state index contributed by atoms with van der Waals surface area (Å²) in [6.07, 6.45) is 13.6. The molecule has 162 valence electrons. The first-order chi connectivity index (χ1) is 14.7. The van der Waals surface area contributed by atoms with Crippen molar-refractivity contribution in [1.82, 2.24) is 20.6 Å². The van der Waals surface area contributed by atoms with E-state index in [-0.39, 0.29) is 11.9 Å². The van der Waals surface area contributed by atoms with Crippen LogP contribution in [0.4, 0.5) is 5.13 Å². The van der Waals surface area contributed by atoms with E-state index in [1.165, 1.54) is 16.9 Å². The summed E-state index contributed by atoms with van der Waals surface area (Å²) < 4.78 is 0. The first-order valence-electron chi connectivity index (χ1n) is 10.8. The molecule has 3 rings (SSSR count). The van der Waals surface area contributed by atoms with Crippen LogP contribution in [-0.4, -0.2) is 48.1 Å². The van der Waals surface area contributed by atoms with Crippen molar-refractivity contribution in [3.05, 3.63) is 46.7 Å². The predicted molar refractivity (Wildman–Crippen MR) is 127 cm³/mol. The molecule has 0 saturated carbocycles. The average Bonchev–Trinajstić information content (AvgIpc) is 3.40. The van der Waals surface area contributed by atoms with Crippen molar-refractivity contribution in [2.24, 2.45) is 0 Å². The summed E-state index contributed by atoms with van der Waals surface area (Å²) in [6.45, 7) is 11.9. The summed E-state index contributed by atoms with van der Waals surface area (Å²) >= 11 is 1.48. The zero-order valence-electron chi connectivity index (χ0n) is 18.0. The molecule has 0 aliphatic carbocycles. The summed E-state index contributed by atoms with van der Waals surface area (Å²) in [7, 11) is 0. The van der Waals surface area contributed by atoms with Crippen LogP contribution in [0, 0.1) is 0 Å². The van der Waals surface area contributed by atoms with Crippen molar-refractivity contribution in [3.8, 4) is 0 Å². The number of nitrogens with zero attached hydrogens (tertiary/aromatic N) is 2. The second-order valence-electron chi connectivity index (χ2n) is 7.61. The van der Waals surface area contributed by atoms with Gasteiger partial charge in [0.1, 0.15) is 4.88 Å². The highest BCUT2D eigenvalue weighted by molar-refractivity contribution is 7.17. The zero-order chi connectivity index (χ0) is 21.3. The Hall–Kier alpha value is -2.38. The fraction of sp³-hybridized carbons (Fsp3) is 0.478. The van der Waals surface area contributed by atoms with Gasteiger partial charge in [-0.05, 0) is 31.4 Å². The number of aromatic nitrogens is 2. The van der Waals surface area contributed by atoms with Crippen LogP contribution in [0.5, 0.6) is 0 Å². The molecule has 2 aromatic heterocycles. The summed E-state index contributed by atoms with van der Waals surface area (Å²) in [6, 6.07) is 0.0788. The van der Waals surface area contributed by atoms with E-state index in [4.69, 9.17) is 0 Å². The first-order valence-corrected chi connectivity index (χ1v) is 11.7. The molecule has 0 aromatic carbocycles. The molecule has 1 unspecified atom stereocenters. The minimum Gasteiger partial charge on any atom is -0.361 e. The van der Waals surface area contributed by atoms with Crippen molar-refractivity contribution in [3.63, 3.8) is 0 Å². The van der Waals surface area contributed by atoms with Crippen molar-refractivity contribution in [2.45, 2.75) is 45.6 Å². The Labute approximate surface area is 183 Å².